The van der Waals surface area contributed by atoms with Crippen molar-refractivity contribution in [1.29, 1.82) is 0 Å². The van der Waals surface area contributed by atoms with E-state index >= 15 is 0 Å². The lowest BCUT2D eigenvalue weighted by Gasteiger charge is -2.58. The van der Waals surface area contributed by atoms with Crippen LogP contribution >= 0.6 is 0 Å². The summed E-state index contributed by atoms with van der Waals surface area (Å²) in [6.07, 6.45) is 11.3. The Morgan fingerprint density at radius 3 is 2.62 bits per heavy atom. The molecule has 1 aromatic rings. The van der Waals surface area contributed by atoms with E-state index in [2.05, 4.69) is 12.2 Å². The van der Waals surface area contributed by atoms with Crippen molar-refractivity contribution >= 4 is 17.4 Å². The van der Waals surface area contributed by atoms with Gasteiger partial charge in [0.25, 0.3) is 0 Å². The zero-order chi connectivity index (χ0) is 20.0. The number of ketones is 1. The predicted molar refractivity (Wildman–Crippen MR) is 115 cm³/mol. The van der Waals surface area contributed by atoms with Crippen LogP contribution in [0.4, 0.5) is 5.69 Å². The average molecular weight is 394 g/mol. The molecule has 156 valence electrons. The summed E-state index contributed by atoms with van der Waals surface area (Å²) in [5.74, 6) is 4.81. The first-order valence-electron chi connectivity index (χ1n) is 11.9. The third-order valence-corrected chi connectivity index (χ3v) is 9.23. The van der Waals surface area contributed by atoms with Crippen LogP contribution in [0, 0.1) is 40.9 Å². The van der Waals surface area contributed by atoms with E-state index in [1.807, 2.05) is 30.3 Å². The molecule has 7 atom stereocenters. The van der Waals surface area contributed by atoms with Crippen molar-refractivity contribution in [1.82, 2.24) is 0 Å². The van der Waals surface area contributed by atoms with Crippen LogP contribution in [-0.4, -0.2) is 11.7 Å². The minimum Gasteiger partial charge on any atom is -0.326 e. The number of anilines is 1. The fraction of sp³-hybridized carbons (Fsp3) is 0.692. The van der Waals surface area contributed by atoms with Gasteiger partial charge in [-0.2, -0.15) is 0 Å². The molecule has 0 bridgehead atoms. The highest BCUT2D eigenvalue weighted by atomic mass is 16.2. The fourth-order valence-electron chi connectivity index (χ4n) is 7.90. The van der Waals surface area contributed by atoms with Crippen molar-refractivity contribution in [3.05, 3.63) is 30.3 Å². The minimum atomic E-state index is 0.150. The number of rotatable bonds is 2. The van der Waals surface area contributed by atoms with E-state index in [0.29, 0.717) is 17.1 Å². The average Bonchev–Trinajstić information content (AvgIpc) is 2.73. The quantitative estimate of drug-likeness (QED) is 0.685. The van der Waals surface area contributed by atoms with Gasteiger partial charge < -0.3 is 5.32 Å². The molecule has 1 N–H and O–H groups in total. The number of carbonyl (C=O) groups is 2. The zero-order valence-corrected chi connectivity index (χ0v) is 17.7. The van der Waals surface area contributed by atoms with E-state index in [1.54, 1.807) is 0 Å². The van der Waals surface area contributed by atoms with E-state index in [4.69, 9.17) is 0 Å². The van der Waals surface area contributed by atoms with E-state index in [0.717, 1.165) is 61.5 Å². The lowest BCUT2D eigenvalue weighted by molar-refractivity contribution is -0.133. The van der Waals surface area contributed by atoms with E-state index in [1.165, 1.54) is 32.1 Å². The Morgan fingerprint density at radius 2 is 1.79 bits per heavy atom. The highest BCUT2D eigenvalue weighted by Crippen LogP contribution is 2.61. The molecule has 4 aliphatic carbocycles. The lowest BCUT2D eigenvalue weighted by atomic mass is 9.46. The number of hydrogen-bond donors (Lipinski definition) is 1. The van der Waals surface area contributed by atoms with Crippen molar-refractivity contribution in [3.63, 3.8) is 0 Å². The van der Waals surface area contributed by atoms with Gasteiger partial charge in [-0.3, -0.25) is 9.59 Å². The van der Waals surface area contributed by atoms with Gasteiger partial charge in [0.1, 0.15) is 5.78 Å². The Morgan fingerprint density at radius 1 is 0.966 bits per heavy atom. The number of nitrogens with one attached hydrogen (secondary N) is 1. The normalized spacial score (nSPS) is 41.6. The Bertz CT molecular complexity index is 774. The molecule has 0 radical (unpaired) electrons. The highest BCUT2D eigenvalue weighted by molar-refractivity contribution is 5.92. The minimum absolute atomic E-state index is 0.150. The van der Waals surface area contributed by atoms with Crippen LogP contribution in [0.1, 0.15) is 71.1 Å². The monoisotopic (exact) mass is 393 g/mol. The molecule has 0 saturated heterocycles. The number of para-hydroxylation sites is 1. The van der Waals surface area contributed by atoms with Crippen LogP contribution in [-0.2, 0) is 9.59 Å². The molecule has 4 saturated carbocycles. The molecule has 5 rings (SSSR count). The summed E-state index contributed by atoms with van der Waals surface area (Å²) in [6, 6.07) is 9.89. The second-order valence-corrected chi connectivity index (χ2v) is 10.7. The highest BCUT2D eigenvalue weighted by Gasteiger charge is 2.54. The molecule has 0 spiro atoms. The number of fused-ring (bicyclic) bond motifs is 5. The second kappa shape index (κ2) is 7.56. The standard InChI is InChI=1S/C26H35NO2/c1-26-14-13-22-21-11-9-20(28)15-17(21)7-10-23(22)24(26)12-8-18(16-26)25(29)27-19-5-3-2-4-6-19/h2-6,17-18,21-24H,7-16H2,1H3,(H,27,29)/t17-,18+,21+,22-,23-,24+,26-/m1/s1. The van der Waals surface area contributed by atoms with Crippen LogP contribution in [0.3, 0.4) is 0 Å². The Labute approximate surface area is 175 Å². The molecule has 0 aromatic heterocycles. The maximum absolute atomic E-state index is 12.9. The number of hydrogen-bond acceptors (Lipinski definition) is 2. The first-order chi connectivity index (χ1) is 14.0. The molecular weight excluding hydrogens is 358 g/mol. The third kappa shape index (κ3) is 3.55. The van der Waals surface area contributed by atoms with Gasteiger partial charge in [-0.1, -0.05) is 25.1 Å². The van der Waals surface area contributed by atoms with Gasteiger partial charge in [0.15, 0.2) is 0 Å². The molecule has 29 heavy (non-hydrogen) atoms. The molecular formula is C26H35NO2. The van der Waals surface area contributed by atoms with Crippen LogP contribution in [0.2, 0.25) is 0 Å². The zero-order valence-electron chi connectivity index (χ0n) is 17.7. The van der Waals surface area contributed by atoms with Gasteiger partial charge in [0, 0.05) is 24.4 Å². The van der Waals surface area contributed by atoms with Crippen LogP contribution in [0.15, 0.2) is 30.3 Å². The lowest BCUT2D eigenvalue weighted by Crippen LogP contribution is -2.51. The fourth-order valence-corrected chi connectivity index (χ4v) is 7.90. The Kier molecular flexibility index (Phi) is 5.04. The molecule has 4 fully saturated rings. The van der Waals surface area contributed by atoms with Gasteiger partial charge in [-0.25, -0.2) is 0 Å². The summed E-state index contributed by atoms with van der Waals surface area (Å²) < 4.78 is 0. The summed E-state index contributed by atoms with van der Waals surface area (Å²) in [6.45, 7) is 2.48. The first kappa shape index (κ1) is 19.3. The van der Waals surface area contributed by atoms with Crippen molar-refractivity contribution in [2.75, 3.05) is 5.32 Å². The predicted octanol–water partition coefficient (Wildman–Crippen LogP) is 5.85. The van der Waals surface area contributed by atoms with Crippen LogP contribution in [0.25, 0.3) is 0 Å². The summed E-state index contributed by atoms with van der Waals surface area (Å²) in [7, 11) is 0. The van der Waals surface area contributed by atoms with Crippen molar-refractivity contribution < 1.29 is 9.59 Å². The molecule has 3 nitrogen and oxygen atoms in total. The van der Waals surface area contributed by atoms with Gasteiger partial charge in [0.05, 0.1) is 0 Å². The van der Waals surface area contributed by atoms with Gasteiger partial charge >= 0.3 is 0 Å². The Balaban J connectivity index is 1.27. The number of benzene rings is 1. The van der Waals surface area contributed by atoms with Crippen molar-refractivity contribution in [2.45, 2.75) is 71.1 Å². The summed E-state index contributed by atoms with van der Waals surface area (Å²) in [4.78, 5) is 24.9. The maximum Gasteiger partial charge on any atom is 0.227 e. The van der Waals surface area contributed by atoms with E-state index in [-0.39, 0.29) is 11.8 Å². The largest absolute Gasteiger partial charge is 0.326 e. The van der Waals surface area contributed by atoms with Crippen molar-refractivity contribution in [2.24, 2.45) is 40.9 Å². The van der Waals surface area contributed by atoms with Gasteiger partial charge in [0.2, 0.25) is 5.91 Å². The molecule has 0 aliphatic heterocycles. The van der Waals surface area contributed by atoms with Gasteiger partial charge in [-0.05, 0) is 98.5 Å². The second-order valence-electron chi connectivity index (χ2n) is 10.7. The van der Waals surface area contributed by atoms with Crippen molar-refractivity contribution in [3.8, 4) is 0 Å². The van der Waals surface area contributed by atoms with E-state index in [9.17, 15) is 9.59 Å². The molecule has 1 aromatic carbocycles. The molecule has 4 aliphatic rings. The first-order valence-corrected chi connectivity index (χ1v) is 11.9. The van der Waals surface area contributed by atoms with Gasteiger partial charge in [-0.15, -0.1) is 0 Å². The summed E-state index contributed by atoms with van der Waals surface area (Å²) in [5, 5.41) is 3.15. The van der Waals surface area contributed by atoms with Crippen LogP contribution < -0.4 is 5.32 Å². The third-order valence-electron chi connectivity index (χ3n) is 9.23. The van der Waals surface area contributed by atoms with E-state index < -0.39 is 0 Å². The topological polar surface area (TPSA) is 46.2 Å². The SMILES string of the molecule is C[C@]12CC[C@H]3[C@@H](CC[C@@H]4CC(=O)CC[C@@H]43)[C@@H]1CC[C@H](C(=O)Nc1ccccc1)C2. The molecule has 3 heteroatoms. The number of amides is 1. The molecule has 0 heterocycles. The van der Waals surface area contributed by atoms with Crippen LogP contribution in [0.5, 0.6) is 0 Å². The molecule has 0 unspecified atom stereocenters. The molecule has 1 amide bonds. The Hall–Kier alpha value is -1.64. The summed E-state index contributed by atoms with van der Waals surface area (Å²) >= 11 is 0. The number of Topliss-reactive ketones (excluding diaryl/α,β-unsaturated/α-hetero) is 1. The maximum atomic E-state index is 12.9. The number of carbonyl (C=O) groups excluding carboxylic acids is 2. The summed E-state index contributed by atoms with van der Waals surface area (Å²) in [5.41, 5.74) is 1.23. The smallest absolute Gasteiger partial charge is 0.227 e.